The zero-order valence-corrected chi connectivity index (χ0v) is 18.1. The van der Waals surface area contributed by atoms with Crippen LogP contribution >= 0.6 is 0 Å². The van der Waals surface area contributed by atoms with Gasteiger partial charge in [-0.2, -0.15) is 0 Å². The number of carbonyl (C=O) groups is 3. The van der Waals surface area contributed by atoms with Gasteiger partial charge in [0.2, 0.25) is 11.8 Å². The first-order chi connectivity index (χ1) is 15.1. The molecule has 0 spiro atoms. The van der Waals surface area contributed by atoms with Gasteiger partial charge in [-0.15, -0.1) is 0 Å². The molecule has 3 fully saturated rings. The number of rotatable bonds is 4. The molecule has 1 unspecified atom stereocenters. The smallest absolute Gasteiger partial charge is 0.253 e. The van der Waals surface area contributed by atoms with Crippen molar-refractivity contribution in [1.82, 2.24) is 10.2 Å². The molecule has 1 atom stereocenters. The second-order valence-corrected chi connectivity index (χ2v) is 9.38. The van der Waals surface area contributed by atoms with Crippen molar-refractivity contribution < 1.29 is 14.4 Å². The summed E-state index contributed by atoms with van der Waals surface area (Å²) >= 11 is 0. The van der Waals surface area contributed by atoms with Gasteiger partial charge in [-0.25, -0.2) is 0 Å². The van der Waals surface area contributed by atoms with Gasteiger partial charge in [0, 0.05) is 31.2 Å². The molecule has 7 nitrogen and oxygen atoms in total. The van der Waals surface area contributed by atoms with E-state index in [0.29, 0.717) is 11.3 Å². The van der Waals surface area contributed by atoms with Crippen molar-refractivity contribution in [1.29, 1.82) is 0 Å². The fraction of sp³-hybridized carbons (Fsp3) is 0.625. The van der Waals surface area contributed by atoms with Crippen LogP contribution in [0.15, 0.2) is 18.2 Å². The van der Waals surface area contributed by atoms with Gasteiger partial charge in [0.15, 0.2) is 0 Å². The summed E-state index contributed by atoms with van der Waals surface area (Å²) in [4.78, 5) is 44.9. The number of fused-ring (bicyclic) bond motifs is 3. The molecular formula is C24H32N4O3. The Balaban J connectivity index is 1.44. The normalized spacial score (nSPS) is 23.7. The summed E-state index contributed by atoms with van der Waals surface area (Å²) in [6.07, 6.45) is 9.30. The van der Waals surface area contributed by atoms with E-state index in [-0.39, 0.29) is 36.3 Å². The van der Waals surface area contributed by atoms with Crippen LogP contribution in [0.25, 0.3) is 0 Å². The first-order valence-corrected chi connectivity index (χ1v) is 11.9. The minimum absolute atomic E-state index is 0.0143. The predicted octanol–water partition coefficient (Wildman–Crippen LogP) is 2.69. The standard InChI is InChI=1S/C24H32N4O3/c29-22(25-18-7-1-2-8-18)16-28-21-15-17(23(30)26-12-5-6-13-26)10-11-19(21)27-14-4-3-9-20(27)24(28)31/h10-11,15,18,20H,1-9,12-14,16H2,(H,25,29). The van der Waals surface area contributed by atoms with Crippen LogP contribution in [0.5, 0.6) is 0 Å². The average Bonchev–Trinajstić information content (AvgIpc) is 3.50. The number of hydrogen-bond acceptors (Lipinski definition) is 4. The molecule has 166 valence electrons. The third kappa shape index (κ3) is 3.90. The number of benzene rings is 1. The minimum Gasteiger partial charge on any atom is -0.358 e. The van der Waals surface area contributed by atoms with Gasteiger partial charge in [0.05, 0.1) is 11.4 Å². The number of likely N-dealkylation sites (tertiary alicyclic amines) is 1. The average molecular weight is 425 g/mol. The Morgan fingerprint density at radius 3 is 2.39 bits per heavy atom. The van der Waals surface area contributed by atoms with E-state index in [1.54, 1.807) is 4.90 Å². The van der Waals surface area contributed by atoms with E-state index in [2.05, 4.69) is 10.2 Å². The zero-order valence-electron chi connectivity index (χ0n) is 18.1. The monoisotopic (exact) mass is 424 g/mol. The highest BCUT2D eigenvalue weighted by molar-refractivity contribution is 6.09. The van der Waals surface area contributed by atoms with E-state index in [4.69, 9.17) is 0 Å². The van der Waals surface area contributed by atoms with Gasteiger partial charge < -0.3 is 15.1 Å². The molecular weight excluding hydrogens is 392 g/mol. The maximum Gasteiger partial charge on any atom is 0.253 e. The molecule has 3 heterocycles. The van der Waals surface area contributed by atoms with E-state index in [9.17, 15) is 14.4 Å². The maximum absolute atomic E-state index is 13.4. The number of nitrogens with one attached hydrogen (secondary N) is 1. The molecule has 2 saturated heterocycles. The lowest BCUT2D eigenvalue weighted by molar-refractivity contribution is -0.125. The summed E-state index contributed by atoms with van der Waals surface area (Å²) in [7, 11) is 0. The molecule has 3 amide bonds. The van der Waals surface area contributed by atoms with Crippen molar-refractivity contribution in [2.24, 2.45) is 0 Å². The van der Waals surface area contributed by atoms with Crippen molar-refractivity contribution in [3.05, 3.63) is 23.8 Å². The van der Waals surface area contributed by atoms with Crippen molar-refractivity contribution in [2.45, 2.75) is 69.9 Å². The van der Waals surface area contributed by atoms with Gasteiger partial charge in [0.25, 0.3) is 5.91 Å². The Labute approximate surface area is 183 Å². The molecule has 1 aliphatic carbocycles. The Hall–Kier alpha value is -2.57. The third-order valence-corrected chi connectivity index (χ3v) is 7.29. The third-order valence-electron chi connectivity index (χ3n) is 7.29. The van der Waals surface area contributed by atoms with Crippen LogP contribution in [-0.4, -0.2) is 60.9 Å². The van der Waals surface area contributed by atoms with Crippen LogP contribution in [0, 0.1) is 0 Å². The molecule has 5 rings (SSSR count). The molecule has 1 aromatic rings. The van der Waals surface area contributed by atoms with E-state index in [0.717, 1.165) is 83.1 Å². The first-order valence-electron chi connectivity index (χ1n) is 11.9. The SMILES string of the molecule is O=C(CN1C(=O)C2CCCCN2c2ccc(C(=O)N3CCCC3)cc21)NC1CCCC1. The van der Waals surface area contributed by atoms with E-state index in [1.807, 2.05) is 23.1 Å². The molecule has 1 N–H and O–H groups in total. The number of anilines is 2. The van der Waals surface area contributed by atoms with Crippen molar-refractivity contribution >= 4 is 29.1 Å². The highest BCUT2D eigenvalue weighted by atomic mass is 16.2. The molecule has 0 radical (unpaired) electrons. The lowest BCUT2D eigenvalue weighted by atomic mass is 9.95. The predicted molar refractivity (Wildman–Crippen MR) is 119 cm³/mol. The van der Waals surface area contributed by atoms with E-state index < -0.39 is 0 Å². The molecule has 3 aliphatic heterocycles. The Kier molecular flexibility index (Phi) is 5.59. The van der Waals surface area contributed by atoms with Crippen LogP contribution in [0.3, 0.4) is 0 Å². The topological polar surface area (TPSA) is 73.0 Å². The number of hydrogen-bond donors (Lipinski definition) is 1. The van der Waals surface area contributed by atoms with Gasteiger partial charge in [-0.05, 0) is 63.1 Å². The van der Waals surface area contributed by atoms with Gasteiger partial charge >= 0.3 is 0 Å². The van der Waals surface area contributed by atoms with E-state index in [1.165, 1.54) is 0 Å². The van der Waals surface area contributed by atoms with Crippen LogP contribution in [0.1, 0.15) is 68.1 Å². The fourth-order valence-corrected chi connectivity index (χ4v) is 5.64. The second kappa shape index (κ2) is 8.52. The molecule has 0 bridgehead atoms. The Bertz CT molecular complexity index is 874. The quantitative estimate of drug-likeness (QED) is 0.807. The number of carbonyl (C=O) groups excluding carboxylic acids is 3. The fourth-order valence-electron chi connectivity index (χ4n) is 5.64. The van der Waals surface area contributed by atoms with Crippen molar-refractivity contribution in [2.75, 3.05) is 36.0 Å². The molecule has 4 aliphatic rings. The van der Waals surface area contributed by atoms with Crippen LogP contribution in [0.4, 0.5) is 11.4 Å². The largest absolute Gasteiger partial charge is 0.358 e. The Morgan fingerprint density at radius 2 is 1.61 bits per heavy atom. The summed E-state index contributed by atoms with van der Waals surface area (Å²) in [6, 6.07) is 5.71. The summed E-state index contributed by atoms with van der Waals surface area (Å²) < 4.78 is 0. The van der Waals surface area contributed by atoms with E-state index >= 15 is 0 Å². The summed E-state index contributed by atoms with van der Waals surface area (Å²) in [5.41, 5.74) is 2.27. The summed E-state index contributed by atoms with van der Waals surface area (Å²) in [5.74, 6) is -0.102. The highest BCUT2D eigenvalue weighted by Crippen LogP contribution is 2.40. The van der Waals surface area contributed by atoms with Gasteiger partial charge in [-0.3, -0.25) is 19.3 Å². The molecule has 0 aromatic heterocycles. The highest BCUT2D eigenvalue weighted by Gasteiger charge is 2.40. The molecule has 1 aromatic carbocycles. The second-order valence-electron chi connectivity index (χ2n) is 9.38. The molecule has 7 heteroatoms. The number of nitrogens with zero attached hydrogens (tertiary/aromatic N) is 3. The van der Waals surface area contributed by atoms with Gasteiger partial charge in [-0.1, -0.05) is 12.8 Å². The lowest BCUT2D eigenvalue weighted by Gasteiger charge is -2.45. The van der Waals surface area contributed by atoms with Crippen LogP contribution in [0.2, 0.25) is 0 Å². The summed E-state index contributed by atoms with van der Waals surface area (Å²) in [6.45, 7) is 2.44. The minimum atomic E-state index is -0.208. The van der Waals surface area contributed by atoms with Crippen molar-refractivity contribution in [3.8, 4) is 0 Å². The first kappa shape index (κ1) is 20.3. The van der Waals surface area contributed by atoms with Crippen LogP contribution < -0.4 is 15.1 Å². The zero-order chi connectivity index (χ0) is 21.4. The molecule has 31 heavy (non-hydrogen) atoms. The number of piperidine rings is 1. The Morgan fingerprint density at radius 1 is 0.903 bits per heavy atom. The lowest BCUT2D eigenvalue weighted by Crippen LogP contribution is -2.57. The summed E-state index contributed by atoms with van der Waals surface area (Å²) in [5, 5.41) is 3.11. The molecule has 1 saturated carbocycles. The van der Waals surface area contributed by atoms with Crippen molar-refractivity contribution in [3.63, 3.8) is 0 Å². The maximum atomic E-state index is 13.4. The van der Waals surface area contributed by atoms with Gasteiger partial charge in [0.1, 0.15) is 12.6 Å². The van der Waals surface area contributed by atoms with Crippen LogP contribution in [-0.2, 0) is 9.59 Å². The number of amides is 3.